The van der Waals surface area contributed by atoms with Crippen molar-refractivity contribution in [3.63, 3.8) is 0 Å². The predicted octanol–water partition coefficient (Wildman–Crippen LogP) is 3.33. The van der Waals surface area contributed by atoms with Gasteiger partial charge in [-0.05, 0) is 41.9 Å². The molecule has 2 heterocycles. The van der Waals surface area contributed by atoms with Gasteiger partial charge in [0.2, 0.25) is 0 Å². The first-order valence-corrected chi connectivity index (χ1v) is 7.20. The van der Waals surface area contributed by atoms with Gasteiger partial charge in [-0.3, -0.25) is 0 Å². The van der Waals surface area contributed by atoms with Gasteiger partial charge in [-0.1, -0.05) is 5.11 Å². The zero-order chi connectivity index (χ0) is 16.7. The number of azide groups is 1. The van der Waals surface area contributed by atoms with E-state index < -0.39 is 5.54 Å². The molecule has 120 valence electrons. The Balaban J connectivity index is 2.00. The molecule has 0 bridgehead atoms. The Morgan fingerprint density at radius 2 is 2.00 bits per heavy atom. The van der Waals surface area contributed by atoms with Gasteiger partial charge >= 0.3 is 0 Å². The van der Waals surface area contributed by atoms with Gasteiger partial charge in [-0.2, -0.15) is 0 Å². The van der Waals surface area contributed by atoms with Crippen LogP contribution in [0.25, 0.3) is 10.4 Å². The van der Waals surface area contributed by atoms with E-state index in [-0.39, 0.29) is 12.6 Å². The number of hydrogen-bond acceptors (Lipinski definition) is 6. The first-order chi connectivity index (χ1) is 11.7. The highest BCUT2D eigenvalue weighted by atomic mass is 16.5. The van der Waals surface area contributed by atoms with Crippen molar-refractivity contribution in [2.24, 2.45) is 15.8 Å². The number of amidine groups is 1. The van der Waals surface area contributed by atoms with Crippen molar-refractivity contribution in [2.45, 2.75) is 5.54 Å². The fourth-order valence-corrected chi connectivity index (χ4v) is 3.06. The molecule has 0 fully saturated rings. The summed E-state index contributed by atoms with van der Waals surface area (Å²) in [5.41, 5.74) is 15.6. The summed E-state index contributed by atoms with van der Waals surface area (Å²) in [5.74, 6) is 1.94. The fraction of sp³-hybridized carbons (Fsp3) is 0.188. The molecule has 0 saturated heterocycles. The maximum absolute atomic E-state index is 8.69. The highest BCUT2D eigenvalue weighted by molar-refractivity contribution is 5.77. The number of fused-ring (bicyclic) bond motifs is 4. The highest BCUT2D eigenvalue weighted by Gasteiger charge is 2.47. The summed E-state index contributed by atoms with van der Waals surface area (Å²) in [5, 5.41) is 3.66. The minimum atomic E-state index is -0.859. The minimum absolute atomic E-state index is 0.103. The molecule has 2 aromatic rings. The number of rotatable bonds is 2. The zero-order valence-corrected chi connectivity index (χ0v) is 12.8. The predicted molar refractivity (Wildman–Crippen MR) is 86.7 cm³/mol. The van der Waals surface area contributed by atoms with E-state index in [0.717, 1.165) is 11.1 Å². The molecule has 0 radical (unpaired) electrons. The van der Waals surface area contributed by atoms with E-state index in [1.807, 2.05) is 18.2 Å². The third kappa shape index (κ3) is 1.94. The van der Waals surface area contributed by atoms with E-state index in [2.05, 4.69) is 15.0 Å². The van der Waals surface area contributed by atoms with Crippen LogP contribution in [0.4, 0.5) is 5.69 Å². The number of methoxy groups -OCH3 is 1. The Hall–Kier alpha value is -3.38. The number of nitrogens with two attached hydrogens (primary N) is 1. The Kier molecular flexibility index (Phi) is 3.01. The summed E-state index contributed by atoms with van der Waals surface area (Å²) < 4.78 is 16.8. The standard InChI is InChI=1S/C16H13N5O3/c1-22-10-3-5-14-12(7-10)16(8-23-15(17)19-16)11-6-9(20-21-18)2-4-13(11)24-14/h2-7H,8H2,1H3,(H2,17,19)/t16-/m0/s1. The van der Waals surface area contributed by atoms with Crippen molar-refractivity contribution in [3.8, 4) is 17.2 Å². The third-order valence-corrected chi connectivity index (χ3v) is 4.15. The maximum atomic E-state index is 8.69. The average Bonchev–Trinajstić information content (AvgIpc) is 2.98. The quantitative estimate of drug-likeness (QED) is 0.518. The lowest BCUT2D eigenvalue weighted by molar-refractivity contribution is 0.264. The summed E-state index contributed by atoms with van der Waals surface area (Å²) in [6, 6.07) is 10.8. The second kappa shape index (κ2) is 5.07. The van der Waals surface area contributed by atoms with Gasteiger partial charge in [0.1, 0.15) is 23.9 Å². The van der Waals surface area contributed by atoms with Crippen LogP contribution >= 0.6 is 0 Å². The Bertz CT molecular complexity index is 920. The van der Waals surface area contributed by atoms with E-state index in [4.69, 9.17) is 25.5 Å². The number of aliphatic imine (C=N–C) groups is 1. The summed E-state index contributed by atoms with van der Waals surface area (Å²) in [4.78, 5) is 7.37. The summed E-state index contributed by atoms with van der Waals surface area (Å²) in [6.07, 6.45) is 0. The van der Waals surface area contributed by atoms with Gasteiger partial charge in [0.25, 0.3) is 6.02 Å². The van der Waals surface area contributed by atoms with Crippen LogP contribution in [0.1, 0.15) is 11.1 Å². The molecule has 1 atom stereocenters. The molecule has 0 aliphatic carbocycles. The lowest BCUT2D eigenvalue weighted by atomic mass is 9.81. The largest absolute Gasteiger partial charge is 0.497 e. The van der Waals surface area contributed by atoms with Crippen LogP contribution in [0.3, 0.4) is 0 Å². The zero-order valence-electron chi connectivity index (χ0n) is 12.8. The van der Waals surface area contributed by atoms with Crippen molar-refractivity contribution in [2.75, 3.05) is 13.7 Å². The number of ether oxygens (including phenoxy) is 3. The van der Waals surface area contributed by atoms with Gasteiger partial charge in [-0.15, -0.1) is 0 Å². The molecular formula is C16H13N5O3. The Morgan fingerprint density at radius 1 is 1.25 bits per heavy atom. The highest BCUT2D eigenvalue weighted by Crippen LogP contribution is 2.52. The molecule has 0 aromatic heterocycles. The molecule has 2 aromatic carbocycles. The van der Waals surface area contributed by atoms with Crippen LogP contribution in [0, 0.1) is 0 Å². The van der Waals surface area contributed by atoms with E-state index in [1.165, 1.54) is 0 Å². The maximum Gasteiger partial charge on any atom is 0.283 e. The minimum Gasteiger partial charge on any atom is -0.497 e. The Labute approximate surface area is 137 Å². The Morgan fingerprint density at radius 3 is 2.67 bits per heavy atom. The third-order valence-electron chi connectivity index (χ3n) is 4.15. The molecule has 8 heteroatoms. The van der Waals surface area contributed by atoms with Crippen LogP contribution in [0.2, 0.25) is 0 Å². The molecule has 4 rings (SSSR count). The first kappa shape index (κ1) is 14.2. The summed E-state index contributed by atoms with van der Waals surface area (Å²) in [6.45, 7) is 0.231. The molecule has 2 aliphatic heterocycles. The number of nitrogens with zero attached hydrogens (tertiary/aromatic N) is 4. The second-order valence-electron chi connectivity index (χ2n) is 5.43. The van der Waals surface area contributed by atoms with Crippen molar-refractivity contribution in [1.82, 2.24) is 0 Å². The normalized spacial score (nSPS) is 20.1. The molecule has 1 spiro atoms. The van der Waals surface area contributed by atoms with Crippen LogP contribution in [0.15, 0.2) is 46.5 Å². The monoisotopic (exact) mass is 323 g/mol. The van der Waals surface area contributed by atoms with Gasteiger partial charge in [-0.25, -0.2) is 4.99 Å². The topological polar surface area (TPSA) is 115 Å². The average molecular weight is 323 g/mol. The molecule has 8 nitrogen and oxygen atoms in total. The van der Waals surface area contributed by atoms with Gasteiger partial charge in [0.15, 0.2) is 5.54 Å². The van der Waals surface area contributed by atoms with Crippen molar-refractivity contribution < 1.29 is 14.2 Å². The van der Waals surface area contributed by atoms with Gasteiger partial charge < -0.3 is 19.9 Å². The van der Waals surface area contributed by atoms with Crippen LogP contribution in [-0.4, -0.2) is 19.7 Å². The molecule has 0 amide bonds. The van der Waals surface area contributed by atoms with Crippen molar-refractivity contribution in [3.05, 3.63) is 58.0 Å². The van der Waals surface area contributed by atoms with Crippen LogP contribution in [-0.2, 0) is 10.3 Å². The van der Waals surface area contributed by atoms with Gasteiger partial charge in [0.05, 0.1) is 7.11 Å². The summed E-state index contributed by atoms with van der Waals surface area (Å²) >= 11 is 0. The van der Waals surface area contributed by atoms with E-state index in [1.54, 1.807) is 25.3 Å². The SMILES string of the molecule is COc1ccc2c(c1)[C@]1(COC(N)=N1)c1cc(N=[N+]=[N-])ccc1O2. The van der Waals surface area contributed by atoms with E-state index in [0.29, 0.717) is 22.9 Å². The first-order valence-electron chi connectivity index (χ1n) is 7.20. The van der Waals surface area contributed by atoms with Crippen LogP contribution < -0.4 is 15.2 Å². The van der Waals surface area contributed by atoms with Crippen molar-refractivity contribution >= 4 is 11.7 Å². The second-order valence-corrected chi connectivity index (χ2v) is 5.43. The molecule has 0 unspecified atom stereocenters. The van der Waals surface area contributed by atoms with Gasteiger partial charge in [0, 0.05) is 21.7 Å². The van der Waals surface area contributed by atoms with Crippen molar-refractivity contribution in [1.29, 1.82) is 0 Å². The smallest absolute Gasteiger partial charge is 0.283 e. The lowest BCUT2D eigenvalue weighted by Gasteiger charge is -2.33. The molecular weight excluding hydrogens is 310 g/mol. The summed E-state index contributed by atoms with van der Waals surface area (Å²) in [7, 11) is 1.59. The van der Waals surface area contributed by atoms with E-state index >= 15 is 0 Å². The fourth-order valence-electron chi connectivity index (χ4n) is 3.06. The molecule has 24 heavy (non-hydrogen) atoms. The molecule has 2 N–H and O–H groups in total. The lowest BCUT2D eigenvalue weighted by Crippen LogP contribution is -2.31. The molecule has 2 aliphatic rings. The molecule has 0 saturated carbocycles. The van der Waals surface area contributed by atoms with Crippen LogP contribution in [0.5, 0.6) is 17.2 Å². The number of hydrogen-bond donors (Lipinski definition) is 1. The van der Waals surface area contributed by atoms with E-state index in [9.17, 15) is 0 Å². The number of benzene rings is 2.